The van der Waals surface area contributed by atoms with E-state index in [0.717, 1.165) is 35.4 Å². The van der Waals surface area contributed by atoms with Crippen molar-refractivity contribution in [3.8, 4) is 5.75 Å². The number of benzene rings is 2. The van der Waals surface area contributed by atoms with Gasteiger partial charge in [-0.3, -0.25) is 4.79 Å². The van der Waals surface area contributed by atoms with E-state index in [9.17, 15) is 4.79 Å². The molecule has 0 aromatic heterocycles. The minimum Gasteiger partial charge on any atom is -0.483 e. The Morgan fingerprint density at radius 3 is 2.83 bits per heavy atom. The van der Waals surface area contributed by atoms with Crippen molar-refractivity contribution in [2.75, 3.05) is 11.9 Å². The van der Waals surface area contributed by atoms with Crippen LogP contribution >= 0.6 is 0 Å². The fourth-order valence-corrected chi connectivity index (χ4v) is 3.08. The van der Waals surface area contributed by atoms with Crippen LogP contribution in [-0.2, 0) is 17.6 Å². The third-order valence-corrected chi connectivity index (χ3v) is 4.38. The van der Waals surface area contributed by atoms with E-state index in [0.29, 0.717) is 0 Å². The van der Waals surface area contributed by atoms with Crippen LogP contribution in [0.3, 0.4) is 0 Å². The fraction of sp³-hybridized carbons (Fsp3) is 0.350. The van der Waals surface area contributed by atoms with Crippen molar-refractivity contribution < 1.29 is 9.53 Å². The summed E-state index contributed by atoms with van der Waals surface area (Å²) < 4.78 is 5.80. The van der Waals surface area contributed by atoms with Crippen LogP contribution in [0, 0.1) is 13.8 Å². The van der Waals surface area contributed by atoms with E-state index in [2.05, 4.69) is 11.4 Å². The first kappa shape index (κ1) is 15.6. The van der Waals surface area contributed by atoms with Gasteiger partial charge in [0.05, 0.1) is 0 Å². The lowest BCUT2D eigenvalue weighted by molar-refractivity contribution is -0.118. The Morgan fingerprint density at radius 1 is 1.13 bits per heavy atom. The molecule has 2 aromatic carbocycles. The highest BCUT2D eigenvalue weighted by atomic mass is 16.5. The lowest BCUT2D eigenvalue weighted by Crippen LogP contribution is -2.21. The molecular weight excluding hydrogens is 286 g/mol. The molecule has 3 heteroatoms. The van der Waals surface area contributed by atoms with Gasteiger partial charge in [-0.2, -0.15) is 0 Å². The maximum Gasteiger partial charge on any atom is 0.262 e. The molecule has 0 saturated carbocycles. The number of fused-ring (bicyclic) bond motifs is 1. The number of hydrogen-bond acceptors (Lipinski definition) is 2. The molecule has 3 nitrogen and oxygen atoms in total. The zero-order valence-electron chi connectivity index (χ0n) is 13.8. The van der Waals surface area contributed by atoms with E-state index in [1.165, 1.54) is 24.0 Å². The van der Waals surface area contributed by atoms with Gasteiger partial charge in [0.25, 0.3) is 5.91 Å². The van der Waals surface area contributed by atoms with Crippen molar-refractivity contribution in [2.45, 2.75) is 39.5 Å². The van der Waals surface area contributed by atoms with E-state index < -0.39 is 0 Å². The molecule has 0 radical (unpaired) electrons. The number of rotatable bonds is 4. The van der Waals surface area contributed by atoms with Crippen LogP contribution in [0.25, 0.3) is 0 Å². The Balaban J connectivity index is 1.64. The molecule has 0 atom stereocenters. The topological polar surface area (TPSA) is 38.3 Å². The smallest absolute Gasteiger partial charge is 0.262 e. The third-order valence-electron chi connectivity index (χ3n) is 4.38. The van der Waals surface area contributed by atoms with Crippen molar-refractivity contribution in [3.63, 3.8) is 0 Å². The lowest BCUT2D eigenvalue weighted by Gasteiger charge is -2.19. The molecule has 0 unspecified atom stereocenters. The molecule has 1 amide bonds. The van der Waals surface area contributed by atoms with Crippen molar-refractivity contribution in [1.29, 1.82) is 0 Å². The number of aryl methyl sites for hydroxylation is 3. The molecule has 0 saturated heterocycles. The Kier molecular flexibility index (Phi) is 4.65. The molecule has 1 aliphatic rings. The van der Waals surface area contributed by atoms with Gasteiger partial charge in [-0.05, 0) is 73.9 Å². The molecule has 0 aliphatic heterocycles. The van der Waals surface area contributed by atoms with Gasteiger partial charge in [0.15, 0.2) is 6.61 Å². The van der Waals surface area contributed by atoms with Gasteiger partial charge in [0.1, 0.15) is 5.75 Å². The number of hydrogen-bond donors (Lipinski definition) is 1. The molecule has 23 heavy (non-hydrogen) atoms. The van der Waals surface area contributed by atoms with Crippen LogP contribution in [0.1, 0.15) is 35.1 Å². The summed E-state index contributed by atoms with van der Waals surface area (Å²) >= 11 is 0. The molecule has 0 spiro atoms. The first-order valence-corrected chi connectivity index (χ1v) is 8.24. The first-order valence-electron chi connectivity index (χ1n) is 8.24. The van der Waals surface area contributed by atoms with Crippen molar-refractivity contribution in [3.05, 3.63) is 58.7 Å². The second-order valence-corrected chi connectivity index (χ2v) is 6.26. The molecule has 120 valence electrons. The van der Waals surface area contributed by atoms with Crippen LogP contribution in [-0.4, -0.2) is 12.5 Å². The van der Waals surface area contributed by atoms with Crippen molar-refractivity contribution in [1.82, 2.24) is 0 Å². The van der Waals surface area contributed by atoms with Crippen LogP contribution in [0.2, 0.25) is 0 Å². The van der Waals surface area contributed by atoms with Crippen LogP contribution in [0.15, 0.2) is 36.4 Å². The number of nitrogens with one attached hydrogen (secondary N) is 1. The summed E-state index contributed by atoms with van der Waals surface area (Å²) in [4.78, 5) is 12.2. The molecule has 3 rings (SSSR count). The summed E-state index contributed by atoms with van der Waals surface area (Å²) in [5.41, 5.74) is 5.68. The van der Waals surface area contributed by atoms with E-state index in [1.54, 1.807) is 0 Å². The average molecular weight is 309 g/mol. The fourth-order valence-electron chi connectivity index (χ4n) is 3.08. The first-order chi connectivity index (χ1) is 11.1. The summed E-state index contributed by atoms with van der Waals surface area (Å²) in [6, 6.07) is 12.2. The summed E-state index contributed by atoms with van der Waals surface area (Å²) in [5.74, 6) is 0.741. The second kappa shape index (κ2) is 6.86. The Hall–Kier alpha value is -2.29. The van der Waals surface area contributed by atoms with Gasteiger partial charge in [-0.1, -0.05) is 24.3 Å². The lowest BCUT2D eigenvalue weighted by atomic mass is 9.91. The molecule has 2 aromatic rings. The Labute approximate surface area is 137 Å². The van der Waals surface area contributed by atoms with Crippen LogP contribution < -0.4 is 10.1 Å². The van der Waals surface area contributed by atoms with Gasteiger partial charge in [0, 0.05) is 5.69 Å². The van der Waals surface area contributed by atoms with E-state index in [1.807, 2.05) is 44.2 Å². The summed E-state index contributed by atoms with van der Waals surface area (Å²) in [6.45, 7) is 4.05. The maximum atomic E-state index is 12.2. The summed E-state index contributed by atoms with van der Waals surface area (Å²) in [5, 5.41) is 2.94. The Morgan fingerprint density at radius 2 is 1.96 bits per heavy atom. The summed E-state index contributed by atoms with van der Waals surface area (Å²) in [7, 11) is 0. The van der Waals surface area contributed by atoms with Gasteiger partial charge < -0.3 is 10.1 Å². The number of amides is 1. The zero-order valence-corrected chi connectivity index (χ0v) is 13.8. The number of carbonyl (C=O) groups excluding carboxylic acids is 1. The summed E-state index contributed by atoms with van der Waals surface area (Å²) in [6.07, 6.45) is 4.59. The minimum absolute atomic E-state index is 0.0455. The number of anilines is 1. The van der Waals surface area contributed by atoms with E-state index in [4.69, 9.17) is 4.74 Å². The van der Waals surface area contributed by atoms with Gasteiger partial charge in [0.2, 0.25) is 0 Å². The minimum atomic E-state index is -0.118. The molecule has 0 heterocycles. The van der Waals surface area contributed by atoms with E-state index in [-0.39, 0.29) is 12.5 Å². The molecule has 1 aliphatic carbocycles. The predicted octanol–water partition coefficient (Wildman–Crippen LogP) is 4.20. The second-order valence-electron chi connectivity index (χ2n) is 6.26. The molecule has 0 fully saturated rings. The van der Waals surface area contributed by atoms with Gasteiger partial charge in [-0.25, -0.2) is 0 Å². The average Bonchev–Trinajstić information content (AvgIpc) is 2.56. The number of carbonyl (C=O) groups is 1. The third kappa shape index (κ3) is 3.73. The van der Waals surface area contributed by atoms with Gasteiger partial charge in [-0.15, -0.1) is 0 Å². The highest BCUT2D eigenvalue weighted by Crippen LogP contribution is 2.29. The van der Waals surface area contributed by atoms with Gasteiger partial charge >= 0.3 is 0 Å². The monoisotopic (exact) mass is 309 g/mol. The van der Waals surface area contributed by atoms with E-state index >= 15 is 0 Å². The molecular formula is C20H23NO2. The number of ether oxygens (including phenoxy) is 1. The SMILES string of the molecule is Cc1ccc(C)c(NC(=O)COc2cccc3c2CCCC3)c1. The van der Waals surface area contributed by atoms with Crippen LogP contribution in [0.5, 0.6) is 5.75 Å². The molecule has 0 bridgehead atoms. The highest BCUT2D eigenvalue weighted by Gasteiger charge is 2.14. The quantitative estimate of drug-likeness (QED) is 0.919. The standard InChI is InChI=1S/C20H23NO2/c1-14-10-11-15(2)18(12-14)21-20(22)13-23-19-9-5-7-16-6-3-4-8-17(16)19/h5,7,9-12H,3-4,6,8,13H2,1-2H3,(H,21,22). The Bertz CT molecular complexity index is 722. The highest BCUT2D eigenvalue weighted by molar-refractivity contribution is 5.92. The van der Waals surface area contributed by atoms with Crippen LogP contribution in [0.4, 0.5) is 5.69 Å². The largest absolute Gasteiger partial charge is 0.483 e. The molecule has 1 N–H and O–H groups in total. The van der Waals surface area contributed by atoms with Crippen molar-refractivity contribution >= 4 is 11.6 Å². The predicted molar refractivity (Wildman–Crippen MR) is 93.1 cm³/mol. The van der Waals surface area contributed by atoms with Crippen molar-refractivity contribution in [2.24, 2.45) is 0 Å². The normalized spacial score (nSPS) is 13.3. The zero-order chi connectivity index (χ0) is 16.2. The maximum absolute atomic E-state index is 12.2.